The Morgan fingerprint density at radius 2 is 1.57 bits per heavy atom. The molecule has 3 N–H and O–H groups in total. The molecule has 116 valence electrons. The van der Waals surface area contributed by atoms with Gasteiger partial charge in [0.2, 0.25) is 0 Å². The molecule has 7 heteroatoms. The number of benzene rings is 1. The summed E-state index contributed by atoms with van der Waals surface area (Å²) in [4.78, 5) is 23.1. The lowest BCUT2D eigenvalue weighted by Gasteiger charge is -2.21. The van der Waals surface area contributed by atoms with E-state index in [4.69, 9.17) is 19.7 Å². The lowest BCUT2D eigenvalue weighted by Crippen LogP contribution is -2.33. The number of aliphatic hydroxyl groups excluding tert-OH is 1. The molecule has 0 saturated heterocycles. The topological polar surface area (TPSA) is 113 Å². The maximum atomic E-state index is 11.8. The van der Waals surface area contributed by atoms with Crippen molar-refractivity contribution in [2.75, 3.05) is 0 Å². The summed E-state index contributed by atoms with van der Waals surface area (Å²) in [6, 6.07) is 3.51. The van der Waals surface area contributed by atoms with Crippen LogP contribution in [-0.4, -0.2) is 45.6 Å². The number of phenolic OH excluding ortho intramolecular Hbond substituents is 2. The summed E-state index contributed by atoms with van der Waals surface area (Å²) >= 11 is 0. The van der Waals surface area contributed by atoms with Gasteiger partial charge >= 0.3 is 11.9 Å². The summed E-state index contributed by atoms with van der Waals surface area (Å²) in [6.45, 7) is 4.32. The van der Waals surface area contributed by atoms with E-state index in [2.05, 4.69) is 0 Å². The summed E-state index contributed by atoms with van der Waals surface area (Å²) in [7, 11) is 0. The van der Waals surface area contributed by atoms with E-state index in [-0.39, 0.29) is 11.3 Å². The van der Waals surface area contributed by atoms with Crippen LogP contribution in [0.25, 0.3) is 0 Å². The number of esters is 2. The quantitative estimate of drug-likeness (QED) is 0.548. The second-order valence-electron chi connectivity index (χ2n) is 4.63. The fraction of sp³-hybridized carbons (Fsp3) is 0.429. The molecule has 0 aliphatic carbocycles. The molecule has 1 aromatic rings. The molecule has 0 aliphatic rings. The van der Waals surface area contributed by atoms with Gasteiger partial charge in [-0.1, -0.05) is 0 Å². The molecule has 0 saturated carbocycles. The second-order valence-corrected chi connectivity index (χ2v) is 4.63. The molecule has 0 heterocycles. The third kappa shape index (κ3) is 4.64. The monoisotopic (exact) mass is 298 g/mol. The van der Waals surface area contributed by atoms with Crippen LogP contribution in [0, 0.1) is 0 Å². The average molecular weight is 298 g/mol. The first-order chi connectivity index (χ1) is 9.72. The summed E-state index contributed by atoms with van der Waals surface area (Å²) in [5, 5.41) is 27.5. The third-order valence-electron chi connectivity index (χ3n) is 2.81. The first-order valence-electron chi connectivity index (χ1n) is 6.34. The highest BCUT2D eigenvalue weighted by Gasteiger charge is 2.23. The van der Waals surface area contributed by atoms with Crippen molar-refractivity contribution in [1.29, 1.82) is 0 Å². The van der Waals surface area contributed by atoms with Crippen molar-refractivity contribution in [1.82, 2.24) is 0 Å². The van der Waals surface area contributed by atoms with Crippen LogP contribution in [0.2, 0.25) is 0 Å². The van der Waals surface area contributed by atoms with Crippen molar-refractivity contribution < 1.29 is 34.4 Å². The van der Waals surface area contributed by atoms with Gasteiger partial charge < -0.3 is 24.8 Å². The zero-order valence-electron chi connectivity index (χ0n) is 11.9. The van der Waals surface area contributed by atoms with E-state index < -0.39 is 36.0 Å². The van der Waals surface area contributed by atoms with Gasteiger partial charge in [0.25, 0.3) is 0 Å². The number of carbonyl (C=O) groups is 2. The van der Waals surface area contributed by atoms with Gasteiger partial charge in [0, 0.05) is 0 Å². The highest BCUT2D eigenvalue weighted by molar-refractivity contribution is 5.90. The van der Waals surface area contributed by atoms with Crippen LogP contribution in [0.3, 0.4) is 0 Å². The van der Waals surface area contributed by atoms with E-state index in [1.165, 1.54) is 26.8 Å². The highest BCUT2D eigenvalue weighted by atomic mass is 16.6. The Bertz CT molecular complexity index is 524. The van der Waals surface area contributed by atoms with Gasteiger partial charge in [-0.3, -0.25) is 0 Å². The molecule has 0 radical (unpaired) electrons. The molecule has 0 fully saturated rings. The molecule has 1 aromatic carbocycles. The van der Waals surface area contributed by atoms with Gasteiger partial charge in [-0.15, -0.1) is 0 Å². The van der Waals surface area contributed by atoms with Crippen LogP contribution < -0.4 is 0 Å². The van der Waals surface area contributed by atoms with Gasteiger partial charge in [0.05, 0.1) is 5.56 Å². The van der Waals surface area contributed by atoms with Crippen LogP contribution in [0.5, 0.6) is 11.5 Å². The Kier molecular flexibility index (Phi) is 5.54. The summed E-state index contributed by atoms with van der Waals surface area (Å²) in [6.07, 6.45) is -2.76. The molecule has 0 aliphatic heterocycles. The fourth-order valence-corrected chi connectivity index (χ4v) is 1.36. The predicted octanol–water partition coefficient (Wildman–Crippen LogP) is 0.956. The second kappa shape index (κ2) is 6.94. The first-order valence-corrected chi connectivity index (χ1v) is 6.34. The number of hydrogen-bond acceptors (Lipinski definition) is 7. The van der Waals surface area contributed by atoms with Crippen molar-refractivity contribution >= 4 is 11.9 Å². The molecule has 0 spiro atoms. The van der Waals surface area contributed by atoms with Crippen LogP contribution in [0.15, 0.2) is 18.2 Å². The molecule has 3 unspecified atom stereocenters. The van der Waals surface area contributed by atoms with E-state index in [9.17, 15) is 14.7 Å². The number of phenols is 2. The van der Waals surface area contributed by atoms with Gasteiger partial charge in [-0.05, 0) is 39.0 Å². The predicted molar refractivity (Wildman–Crippen MR) is 71.9 cm³/mol. The van der Waals surface area contributed by atoms with Crippen LogP contribution in [0.4, 0.5) is 0 Å². The smallest absolute Gasteiger partial charge is 0.338 e. The Balaban J connectivity index is 2.64. The average Bonchev–Trinajstić information content (AvgIpc) is 2.41. The summed E-state index contributed by atoms with van der Waals surface area (Å²) < 4.78 is 9.98. The maximum Gasteiger partial charge on any atom is 0.338 e. The third-order valence-corrected chi connectivity index (χ3v) is 2.81. The molecule has 0 aromatic heterocycles. The minimum Gasteiger partial charge on any atom is -0.504 e. The minimum atomic E-state index is -1.26. The standard InChI is InChI=1S/C14H18O7/c1-7(15)13(18)20-8(2)9(3)21-14(19)10-4-5-11(16)12(17)6-10/h4-9,15-17H,1-3H3. The largest absolute Gasteiger partial charge is 0.504 e. The maximum absolute atomic E-state index is 11.8. The lowest BCUT2D eigenvalue weighted by atomic mass is 10.2. The van der Waals surface area contributed by atoms with Gasteiger partial charge in [-0.25, -0.2) is 9.59 Å². The van der Waals surface area contributed by atoms with Crippen molar-refractivity contribution in [3.05, 3.63) is 23.8 Å². The number of carbonyl (C=O) groups excluding carboxylic acids is 2. The lowest BCUT2D eigenvalue weighted by molar-refractivity contribution is -0.162. The number of ether oxygens (including phenoxy) is 2. The molecule has 0 bridgehead atoms. The van der Waals surface area contributed by atoms with Gasteiger partial charge in [-0.2, -0.15) is 0 Å². The van der Waals surface area contributed by atoms with Crippen LogP contribution in [-0.2, 0) is 14.3 Å². The Morgan fingerprint density at radius 3 is 2.10 bits per heavy atom. The van der Waals surface area contributed by atoms with E-state index in [1.807, 2.05) is 0 Å². The number of aromatic hydroxyl groups is 2. The SMILES string of the molecule is CC(O)C(=O)OC(C)C(C)OC(=O)c1ccc(O)c(O)c1. The van der Waals surface area contributed by atoms with Gasteiger partial charge in [0.1, 0.15) is 18.3 Å². The van der Waals surface area contributed by atoms with E-state index in [0.29, 0.717) is 0 Å². The molecular formula is C14H18O7. The van der Waals surface area contributed by atoms with Crippen LogP contribution >= 0.6 is 0 Å². The van der Waals surface area contributed by atoms with Gasteiger partial charge in [0.15, 0.2) is 11.5 Å². The van der Waals surface area contributed by atoms with Crippen molar-refractivity contribution in [3.8, 4) is 11.5 Å². The summed E-state index contributed by atoms with van der Waals surface area (Å²) in [5.74, 6) is -2.34. The molecule has 3 atom stereocenters. The van der Waals surface area contributed by atoms with E-state index in [0.717, 1.165) is 12.1 Å². The van der Waals surface area contributed by atoms with Crippen LogP contribution in [0.1, 0.15) is 31.1 Å². The van der Waals surface area contributed by atoms with E-state index in [1.54, 1.807) is 0 Å². The minimum absolute atomic E-state index is 0.0474. The van der Waals surface area contributed by atoms with Crippen molar-refractivity contribution in [2.24, 2.45) is 0 Å². The van der Waals surface area contributed by atoms with Crippen molar-refractivity contribution in [3.63, 3.8) is 0 Å². The molecular weight excluding hydrogens is 280 g/mol. The number of aliphatic hydroxyl groups is 1. The zero-order valence-corrected chi connectivity index (χ0v) is 11.9. The summed E-state index contributed by atoms with van der Waals surface area (Å²) in [5.41, 5.74) is 0.0474. The Labute approximate surface area is 121 Å². The highest BCUT2D eigenvalue weighted by Crippen LogP contribution is 2.25. The Morgan fingerprint density at radius 1 is 1.00 bits per heavy atom. The molecule has 1 rings (SSSR count). The number of hydrogen-bond donors (Lipinski definition) is 3. The molecule has 7 nitrogen and oxygen atoms in total. The first kappa shape index (κ1) is 16.8. The normalized spacial score (nSPS) is 14.9. The number of rotatable bonds is 5. The molecule has 0 amide bonds. The Hall–Kier alpha value is -2.28. The molecule has 21 heavy (non-hydrogen) atoms. The fourth-order valence-electron chi connectivity index (χ4n) is 1.36. The zero-order chi connectivity index (χ0) is 16.2. The van der Waals surface area contributed by atoms with E-state index >= 15 is 0 Å². The van der Waals surface area contributed by atoms with Crippen molar-refractivity contribution in [2.45, 2.75) is 39.1 Å².